The number of carbonyl (C=O) groups is 1. The number of methoxy groups -OCH3 is 1. The van der Waals surface area contributed by atoms with Crippen molar-refractivity contribution in [1.29, 1.82) is 0 Å². The zero-order valence-corrected chi connectivity index (χ0v) is 17.5. The molecule has 0 radical (unpaired) electrons. The van der Waals surface area contributed by atoms with E-state index < -0.39 is 10.9 Å². The van der Waals surface area contributed by atoms with Crippen molar-refractivity contribution in [2.75, 3.05) is 12.0 Å². The van der Waals surface area contributed by atoms with E-state index in [4.69, 9.17) is 16.3 Å². The number of ether oxygens (including phenoxy) is 1. The molecule has 146 valence electrons. The van der Waals surface area contributed by atoms with E-state index in [1.54, 1.807) is 18.9 Å². The highest BCUT2D eigenvalue weighted by Gasteiger charge is 2.63. The van der Waals surface area contributed by atoms with Crippen LogP contribution in [0.15, 0.2) is 83.8 Å². The van der Waals surface area contributed by atoms with Gasteiger partial charge in [-0.05, 0) is 41.8 Å². The van der Waals surface area contributed by atoms with E-state index in [0.717, 1.165) is 28.3 Å². The van der Waals surface area contributed by atoms with Gasteiger partial charge in [0.05, 0.1) is 18.3 Å². The summed E-state index contributed by atoms with van der Waals surface area (Å²) in [5.74, 6) is 0.806. The molecule has 0 aromatic heterocycles. The second-order valence-corrected chi connectivity index (χ2v) is 9.06. The average Bonchev–Trinajstić information content (AvgIpc) is 2.92. The Morgan fingerprint density at radius 3 is 2.41 bits per heavy atom. The van der Waals surface area contributed by atoms with E-state index in [1.807, 2.05) is 53.4 Å². The van der Waals surface area contributed by atoms with Crippen LogP contribution in [0.5, 0.6) is 5.75 Å². The van der Waals surface area contributed by atoms with Crippen molar-refractivity contribution >= 4 is 35.0 Å². The SMILES string of the molecule is COc1ccc([C@@H]2C[C@@]3(c4ccccc4)[C@@H](Cl)C(=O)N3c3ccccc3S2)cc1. The number of benzene rings is 3. The van der Waals surface area contributed by atoms with Crippen molar-refractivity contribution in [3.05, 3.63) is 90.0 Å². The standard InChI is InChI=1S/C24H20ClNO2S/c1-28-18-13-11-16(12-14-18)21-15-24(17-7-3-2-4-8-17)22(25)23(27)26(24)19-9-5-6-10-20(19)29-21/h2-14,21-22H,15H2,1H3/t21-,22-,24+/m0/s1. The number of carbonyl (C=O) groups excluding carboxylic acids is 1. The summed E-state index contributed by atoms with van der Waals surface area (Å²) >= 11 is 8.58. The molecule has 2 aliphatic rings. The van der Waals surface area contributed by atoms with E-state index in [9.17, 15) is 4.79 Å². The summed E-state index contributed by atoms with van der Waals surface area (Å²) in [7, 11) is 1.67. The molecule has 2 aliphatic heterocycles. The molecular formula is C24H20ClNO2S. The smallest absolute Gasteiger partial charge is 0.248 e. The van der Waals surface area contributed by atoms with Gasteiger partial charge in [0.25, 0.3) is 0 Å². The molecule has 2 heterocycles. The summed E-state index contributed by atoms with van der Waals surface area (Å²) in [4.78, 5) is 16.0. The van der Waals surface area contributed by atoms with E-state index in [-0.39, 0.29) is 11.2 Å². The van der Waals surface area contributed by atoms with Crippen LogP contribution in [0.3, 0.4) is 0 Å². The minimum absolute atomic E-state index is 0.0287. The van der Waals surface area contributed by atoms with Crippen LogP contribution in [0, 0.1) is 0 Å². The first-order valence-electron chi connectivity index (χ1n) is 9.58. The molecule has 29 heavy (non-hydrogen) atoms. The first kappa shape index (κ1) is 18.6. The maximum absolute atomic E-state index is 13.0. The van der Waals surface area contributed by atoms with E-state index in [1.165, 1.54) is 5.56 Å². The number of hydrogen-bond acceptors (Lipinski definition) is 3. The highest BCUT2D eigenvalue weighted by Crippen LogP contribution is 2.60. The van der Waals surface area contributed by atoms with Crippen LogP contribution < -0.4 is 9.64 Å². The highest BCUT2D eigenvalue weighted by atomic mass is 35.5. The highest BCUT2D eigenvalue weighted by molar-refractivity contribution is 7.99. The minimum atomic E-state index is -0.586. The van der Waals surface area contributed by atoms with Gasteiger partial charge < -0.3 is 4.74 Å². The van der Waals surface area contributed by atoms with Crippen molar-refractivity contribution in [3.63, 3.8) is 0 Å². The van der Waals surface area contributed by atoms with Crippen molar-refractivity contribution in [1.82, 2.24) is 0 Å². The predicted molar refractivity (Wildman–Crippen MR) is 118 cm³/mol. The second kappa shape index (κ2) is 7.12. The predicted octanol–water partition coefficient (Wildman–Crippen LogP) is 5.78. The summed E-state index contributed by atoms with van der Waals surface area (Å²) in [5.41, 5.74) is 2.66. The fourth-order valence-corrected chi connectivity index (χ4v) is 6.22. The third-order valence-corrected chi connectivity index (χ3v) is 7.76. The molecule has 1 amide bonds. The van der Waals surface area contributed by atoms with Gasteiger partial charge in [-0.3, -0.25) is 9.69 Å². The van der Waals surface area contributed by atoms with Crippen molar-refractivity contribution in [2.45, 2.75) is 27.5 Å². The molecule has 3 aromatic carbocycles. The van der Waals surface area contributed by atoms with Crippen LogP contribution in [0.4, 0.5) is 5.69 Å². The van der Waals surface area contributed by atoms with Gasteiger partial charge in [-0.15, -0.1) is 23.4 Å². The minimum Gasteiger partial charge on any atom is -0.497 e. The summed E-state index contributed by atoms with van der Waals surface area (Å²) in [6.07, 6.45) is 0.739. The first-order valence-corrected chi connectivity index (χ1v) is 10.9. The normalized spacial score (nSPS) is 25.4. The molecule has 5 rings (SSSR count). The number of β-lactam (4-membered cyclic amide) rings is 1. The molecule has 0 N–H and O–H groups in total. The molecular weight excluding hydrogens is 402 g/mol. The van der Waals surface area contributed by atoms with E-state index in [2.05, 4.69) is 30.3 Å². The largest absolute Gasteiger partial charge is 0.497 e. The van der Waals surface area contributed by atoms with E-state index >= 15 is 0 Å². The van der Waals surface area contributed by atoms with Gasteiger partial charge in [0.1, 0.15) is 11.1 Å². The number of para-hydroxylation sites is 1. The lowest BCUT2D eigenvalue weighted by atomic mass is 9.72. The molecule has 0 unspecified atom stereocenters. The third-order valence-electron chi connectivity index (χ3n) is 5.89. The van der Waals surface area contributed by atoms with Crippen molar-refractivity contribution in [3.8, 4) is 5.75 Å². The Labute approximate surface area is 179 Å². The summed E-state index contributed by atoms with van der Waals surface area (Å²) in [5, 5.41) is -0.431. The summed E-state index contributed by atoms with van der Waals surface area (Å²) in [6, 6.07) is 26.5. The average molecular weight is 422 g/mol. The molecule has 0 spiro atoms. The quantitative estimate of drug-likeness (QED) is 0.396. The molecule has 3 aromatic rings. The maximum atomic E-state index is 13.0. The molecule has 0 bridgehead atoms. The van der Waals surface area contributed by atoms with Crippen molar-refractivity contribution in [2.24, 2.45) is 0 Å². The monoisotopic (exact) mass is 421 g/mol. The fourth-order valence-electron chi connectivity index (χ4n) is 4.43. The fraction of sp³-hybridized carbons (Fsp3) is 0.208. The number of anilines is 1. The number of hydrogen-bond donors (Lipinski definition) is 0. The number of amides is 1. The first-order chi connectivity index (χ1) is 14.1. The van der Waals surface area contributed by atoms with Crippen molar-refractivity contribution < 1.29 is 9.53 Å². The molecule has 0 aliphatic carbocycles. The van der Waals surface area contributed by atoms with Gasteiger partial charge in [0.2, 0.25) is 5.91 Å². The molecule has 1 saturated heterocycles. The van der Waals surface area contributed by atoms with Crippen LogP contribution in [0.1, 0.15) is 22.8 Å². The Bertz CT molecular complexity index is 1060. The topological polar surface area (TPSA) is 29.5 Å². The second-order valence-electron chi connectivity index (χ2n) is 7.38. The van der Waals surface area contributed by atoms with Crippen LogP contribution >= 0.6 is 23.4 Å². The summed E-state index contributed by atoms with van der Waals surface area (Å²) < 4.78 is 5.33. The van der Waals surface area contributed by atoms with Crippen LogP contribution in [-0.4, -0.2) is 18.4 Å². The number of thioether (sulfide) groups is 1. The Morgan fingerprint density at radius 1 is 1.00 bits per heavy atom. The van der Waals surface area contributed by atoms with Crippen LogP contribution in [0.25, 0.3) is 0 Å². The number of alkyl halides is 1. The molecule has 0 saturated carbocycles. The lowest BCUT2D eigenvalue weighted by Crippen LogP contribution is -2.70. The molecule has 3 atom stereocenters. The van der Waals surface area contributed by atoms with Gasteiger partial charge in [-0.2, -0.15) is 0 Å². The van der Waals surface area contributed by atoms with Crippen LogP contribution in [-0.2, 0) is 10.3 Å². The molecule has 1 fully saturated rings. The van der Waals surface area contributed by atoms with E-state index in [0.29, 0.717) is 0 Å². The molecule has 3 nitrogen and oxygen atoms in total. The number of nitrogens with zero attached hydrogens (tertiary/aromatic N) is 1. The van der Waals surface area contributed by atoms with Gasteiger partial charge in [-0.1, -0.05) is 54.6 Å². The Morgan fingerprint density at radius 2 is 1.69 bits per heavy atom. The Kier molecular flexibility index (Phi) is 4.56. The van der Waals surface area contributed by atoms with Gasteiger partial charge in [0, 0.05) is 10.1 Å². The lowest BCUT2D eigenvalue weighted by Gasteiger charge is -2.55. The number of halogens is 1. The Balaban J connectivity index is 1.68. The zero-order valence-electron chi connectivity index (χ0n) is 15.9. The molecule has 5 heteroatoms. The number of rotatable bonds is 3. The maximum Gasteiger partial charge on any atom is 0.248 e. The zero-order chi connectivity index (χ0) is 20.0. The van der Waals surface area contributed by atoms with Gasteiger partial charge >= 0.3 is 0 Å². The third kappa shape index (κ3) is 2.77. The number of fused-ring (bicyclic) bond motifs is 3. The van der Waals surface area contributed by atoms with Gasteiger partial charge in [-0.25, -0.2) is 0 Å². The van der Waals surface area contributed by atoms with Crippen LogP contribution in [0.2, 0.25) is 0 Å². The lowest BCUT2D eigenvalue weighted by molar-refractivity contribution is -0.127. The summed E-state index contributed by atoms with van der Waals surface area (Å²) in [6.45, 7) is 0. The van der Waals surface area contributed by atoms with Gasteiger partial charge in [0.15, 0.2) is 0 Å². The Hall–Kier alpha value is -2.43.